The number of amides is 2. The largest absolute Gasteiger partial charge is 0.323 e. The number of aryl methyl sites for hydroxylation is 1. The summed E-state index contributed by atoms with van der Waals surface area (Å²) >= 11 is 1.50. The van der Waals surface area contributed by atoms with Crippen molar-refractivity contribution in [2.24, 2.45) is 0 Å². The number of fused-ring (bicyclic) bond motifs is 1. The number of benzene rings is 2. The van der Waals surface area contributed by atoms with Crippen molar-refractivity contribution < 1.29 is 4.79 Å². The zero-order valence-corrected chi connectivity index (χ0v) is 17.8. The fraction of sp³-hybridized carbons (Fsp3) is 0.182. The molecule has 0 spiro atoms. The number of carbonyl (C=O) groups excluding carboxylic acids is 1. The highest BCUT2D eigenvalue weighted by Gasteiger charge is 2.11. The fourth-order valence-corrected chi connectivity index (χ4v) is 4.02. The van der Waals surface area contributed by atoms with Crippen molar-refractivity contribution in [3.8, 4) is 0 Å². The molecule has 0 radical (unpaired) electrons. The molecule has 158 valence electrons. The van der Waals surface area contributed by atoms with Crippen molar-refractivity contribution in [1.29, 1.82) is 0 Å². The molecule has 0 atom stereocenters. The molecule has 0 aliphatic rings. The predicted molar refractivity (Wildman–Crippen MR) is 123 cm³/mol. The molecule has 2 amide bonds. The number of aromatic nitrogens is 4. The second-order valence-corrected chi connectivity index (χ2v) is 7.85. The molecule has 8 nitrogen and oxygen atoms in total. The Morgan fingerprint density at radius 3 is 2.65 bits per heavy atom. The number of thioether (sulfide) groups is 1. The van der Waals surface area contributed by atoms with Crippen LogP contribution >= 0.6 is 11.8 Å². The van der Waals surface area contributed by atoms with Gasteiger partial charge in [-0.25, -0.2) is 9.78 Å². The van der Waals surface area contributed by atoms with Crippen LogP contribution in [0.3, 0.4) is 0 Å². The second-order valence-electron chi connectivity index (χ2n) is 6.84. The molecule has 2 aromatic heterocycles. The molecule has 31 heavy (non-hydrogen) atoms. The van der Waals surface area contributed by atoms with Gasteiger partial charge in [-0.1, -0.05) is 37.3 Å². The molecule has 9 heteroatoms. The van der Waals surface area contributed by atoms with E-state index in [-0.39, 0.29) is 11.6 Å². The maximum Gasteiger partial charge on any atom is 0.323 e. The van der Waals surface area contributed by atoms with Crippen LogP contribution in [0.4, 0.5) is 16.2 Å². The highest BCUT2D eigenvalue weighted by Crippen LogP contribution is 2.29. The van der Waals surface area contributed by atoms with E-state index in [0.717, 1.165) is 11.3 Å². The Morgan fingerprint density at radius 1 is 1.06 bits per heavy atom. The van der Waals surface area contributed by atoms with Gasteiger partial charge in [-0.15, -0.1) is 11.8 Å². The number of hydrogen-bond acceptors (Lipinski definition) is 5. The van der Waals surface area contributed by atoms with Crippen LogP contribution in [0.2, 0.25) is 0 Å². The quantitative estimate of drug-likeness (QED) is 0.425. The van der Waals surface area contributed by atoms with Gasteiger partial charge >= 0.3 is 6.03 Å². The van der Waals surface area contributed by atoms with Crippen molar-refractivity contribution in [2.75, 3.05) is 10.6 Å². The maximum atomic E-state index is 12.5. The highest BCUT2D eigenvalue weighted by molar-refractivity contribution is 7.98. The van der Waals surface area contributed by atoms with Gasteiger partial charge in [0.2, 0.25) is 0 Å². The molecule has 0 saturated heterocycles. The summed E-state index contributed by atoms with van der Waals surface area (Å²) in [6.07, 6.45) is 2.53. The minimum atomic E-state index is -0.321. The first kappa shape index (κ1) is 20.7. The van der Waals surface area contributed by atoms with E-state index in [1.165, 1.54) is 22.3 Å². The lowest BCUT2D eigenvalue weighted by Gasteiger charge is -2.11. The third kappa shape index (κ3) is 4.95. The number of anilines is 2. The van der Waals surface area contributed by atoms with Crippen LogP contribution in [0.5, 0.6) is 0 Å². The average molecular weight is 435 g/mol. The molecular weight excluding hydrogens is 412 g/mol. The number of carbonyl (C=O) groups is 1. The molecule has 2 heterocycles. The number of nitrogens with zero attached hydrogens (tertiary/aromatic N) is 4. The van der Waals surface area contributed by atoms with Gasteiger partial charge in [0.15, 0.2) is 0 Å². The van der Waals surface area contributed by atoms with Crippen LogP contribution in [-0.4, -0.2) is 25.2 Å². The van der Waals surface area contributed by atoms with Gasteiger partial charge in [0.25, 0.3) is 11.3 Å². The summed E-state index contributed by atoms with van der Waals surface area (Å²) in [5.41, 5.74) is 1.89. The molecule has 0 aliphatic heterocycles. The molecule has 0 bridgehead atoms. The zero-order valence-electron chi connectivity index (χ0n) is 17.0. The predicted octanol–water partition coefficient (Wildman–Crippen LogP) is 4.24. The summed E-state index contributed by atoms with van der Waals surface area (Å²) in [6.45, 7) is 2.75. The van der Waals surface area contributed by atoms with Gasteiger partial charge < -0.3 is 10.6 Å². The van der Waals surface area contributed by atoms with Crippen molar-refractivity contribution in [3.63, 3.8) is 0 Å². The number of nitrogens with one attached hydrogen (secondary N) is 2. The van der Waals surface area contributed by atoms with Crippen LogP contribution in [0.15, 0.2) is 76.7 Å². The zero-order chi connectivity index (χ0) is 21.6. The van der Waals surface area contributed by atoms with Gasteiger partial charge in [-0.05, 0) is 30.7 Å². The molecule has 0 fully saturated rings. The Labute approximate surface area is 183 Å². The molecule has 2 aromatic carbocycles. The van der Waals surface area contributed by atoms with E-state index >= 15 is 0 Å². The molecule has 2 N–H and O–H groups in total. The summed E-state index contributed by atoms with van der Waals surface area (Å²) in [7, 11) is 0. The van der Waals surface area contributed by atoms with Crippen molar-refractivity contribution in [1.82, 2.24) is 19.2 Å². The first-order chi connectivity index (χ1) is 15.1. The van der Waals surface area contributed by atoms with Gasteiger partial charge in [-0.2, -0.15) is 9.50 Å². The normalized spacial score (nSPS) is 10.9. The number of para-hydroxylation sites is 2. The summed E-state index contributed by atoms with van der Waals surface area (Å²) in [5, 5.41) is 5.69. The minimum Gasteiger partial charge on any atom is -0.308 e. The Balaban J connectivity index is 1.47. The lowest BCUT2D eigenvalue weighted by Crippen LogP contribution is -2.21. The number of rotatable bonds is 7. The first-order valence-corrected chi connectivity index (χ1v) is 10.9. The average Bonchev–Trinajstić information content (AvgIpc) is 3.17. The molecule has 0 aliphatic carbocycles. The summed E-state index contributed by atoms with van der Waals surface area (Å²) in [5.74, 6) is 0.871. The Hall–Kier alpha value is -3.59. The van der Waals surface area contributed by atoms with E-state index in [1.807, 2.05) is 61.5 Å². The van der Waals surface area contributed by atoms with Gasteiger partial charge in [0.1, 0.15) is 6.33 Å². The topological polar surface area (TPSA) is 93.3 Å². The smallest absolute Gasteiger partial charge is 0.308 e. The van der Waals surface area contributed by atoms with Crippen LogP contribution in [0.1, 0.15) is 19.0 Å². The van der Waals surface area contributed by atoms with E-state index in [0.29, 0.717) is 35.1 Å². The summed E-state index contributed by atoms with van der Waals surface area (Å²) < 4.78 is 3.26. The molecule has 0 saturated carbocycles. The van der Waals surface area contributed by atoms with Crippen LogP contribution in [0.25, 0.3) is 5.78 Å². The summed E-state index contributed by atoms with van der Waals surface area (Å²) in [4.78, 5) is 34.5. The lowest BCUT2D eigenvalue weighted by atomic mass is 10.3. The van der Waals surface area contributed by atoms with Gasteiger partial charge in [-0.3, -0.25) is 9.48 Å². The maximum absolute atomic E-state index is 12.5. The number of urea groups is 1. The van der Waals surface area contributed by atoms with Crippen molar-refractivity contribution in [3.05, 3.63) is 83.0 Å². The van der Waals surface area contributed by atoms with Gasteiger partial charge in [0.05, 0.1) is 11.4 Å². The standard InChI is InChI=1S/C22H22N6O2S/c1-2-12-27-15-23-21-24-17(13-20(29)28(21)27)14-31-19-11-7-6-10-18(19)26-22(30)25-16-8-4-3-5-9-16/h3-11,13,15H,2,12,14H2,1H3,(H2,25,26,30). The SMILES string of the molecule is CCCn1cnc2nc(CSc3ccccc3NC(=O)Nc3ccccc3)cc(=O)n21. The van der Waals surface area contributed by atoms with Crippen molar-refractivity contribution in [2.45, 2.75) is 30.5 Å². The van der Waals surface area contributed by atoms with Crippen LogP contribution < -0.4 is 16.2 Å². The van der Waals surface area contributed by atoms with Gasteiger partial charge in [0, 0.05) is 28.9 Å². The Bertz CT molecular complexity index is 1250. The monoisotopic (exact) mass is 434 g/mol. The second kappa shape index (κ2) is 9.48. The third-order valence-electron chi connectivity index (χ3n) is 4.49. The Morgan fingerprint density at radius 2 is 1.84 bits per heavy atom. The lowest BCUT2D eigenvalue weighted by molar-refractivity contribution is 0.262. The number of hydrogen-bond donors (Lipinski definition) is 2. The van der Waals surface area contributed by atoms with E-state index in [4.69, 9.17) is 0 Å². The third-order valence-corrected chi connectivity index (χ3v) is 5.60. The molecule has 0 unspecified atom stereocenters. The summed E-state index contributed by atoms with van der Waals surface area (Å²) in [6, 6.07) is 18.0. The molecule has 4 aromatic rings. The van der Waals surface area contributed by atoms with Crippen molar-refractivity contribution >= 4 is 34.9 Å². The van der Waals surface area contributed by atoms with E-state index in [9.17, 15) is 9.59 Å². The van der Waals surface area contributed by atoms with Crippen LogP contribution in [0, 0.1) is 0 Å². The van der Waals surface area contributed by atoms with E-state index in [2.05, 4.69) is 20.6 Å². The molecular formula is C22H22N6O2S. The minimum absolute atomic E-state index is 0.153. The Kier molecular flexibility index (Phi) is 6.32. The fourth-order valence-electron chi connectivity index (χ4n) is 3.12. The first-order valence-electron chi connectivity index (χ1n) is 9.93. The van der Waals surface area contributed by atoms with E-state index in [1.54, 1.807) is 11.0 Å². The highest BCUT2D eigenvalue weighted by atomic mass is 32.2. The van der Waals surface area contributed by atoms with E-state index < -0.39 is 0 Å². The van der Waals surface area contributed by atoms with Crippen LogP contribution in [-0.2, 0) is 12.3 Å². The molecule has 4 rings (SSSR count).